The minimum absolute atomic E-state index is 0.201. The smallest absolute Gasteiger partial charge is 0.130 e. The Morgan fingerprint density at radius 1 is 1.18 bits per heavy atom. The lowest BCUT2D eigenvalue weighted by Crippen LogP contribution is -2.36. The molecule has 0 fully saturated rings. The summed E-state index contributed by atoms with van der Waals surface area (Å²) >= 11 is 0. The predicted molar refractivity (Wildman–Crippen MR) is 73.9 cm³/mol. The van der Waals surface area contributed by atoms with Crippen LogP contribution < -0.4 is 4.90 Å². The Kier molecular flexibility index (Phi) is 3.01. The molecule has 2 radical (unpaired) electrons. The van der Waals surface area contributed by atoms with Crippen LogP contribution in [0.4, 0.5) is 5.69 Å². The summed E-state index contributed by atoms with van der Waals surface area (Å²) in [5.74, 6) is 0. The highest BCUT2D eigenvalue weighted by atomic mass is 15.4. The van der Waals surface area contributed by atoms with E-state index in [1.807, 2.05) is 17.3 Å². The van der Waals surface area contributed by atoms with E-state index < -0.39 is 0 Å². The van der Waals surface area contributed by atoms with Gasteiger partial charge in [0.1, 0.15) is 7.85 Å². The highest BCUT2D eigenvalue weighted by molar-refractivity contribution is 6.14. The first-order chi connectivity index (χ1) is 8.04. The van der Waals surface area contributed by atoms with Crippen LogP contribution in [0.3, 0.4) is 0 Å². The molecule has 0 bridgehead atoms. The lowest BCUT2D eigenvalue weighted by atomic mass is 9.99. The molecule has 1 atom stereocenters. The standard InChI is InChI=1S/C14H17BN2/c1-5-16-6-7-17(14(16)15)13-11(3)8-10(2)9-12(13)4/h5-9,14H,1H2,2-4H3. The Labute approximate surface area is 105 Å². The topological polar surface area (TPSA) is 6.48 Å². The molecule has 1 aromatic rings. The number of hydrogen-bond donors (Lipinski definition) is 0. The molecule has 0 saturated heterocycles. The van der Waals surface area contributed by atoms with E-state index in [9.17, 15) is 0 Å². The van der Waals surface area contributed by atoms with E-state index in [1.54, 1.807) is 6.20 Å². The van der Waals surface area contributed by atoms with Gasteiger partial charge in [-0.05, 0) is 38.1 Å². The quantitative estimate of drug-likeness (QED) is 0.712. The molecule has 2 nitrogen and oxygen atoms in total. The summed E-state index contributed by atoms with van der Waals surface area (Å²) < 4.78 is 0. The highest BCUT2D eigenvalue weighted by Crippen LogP contribution is 2.30. The second kappa shape index (κ2) is 4.32. The summed E-state index contributed by atoms with van der Waals surface area (Å²) in [6.45, 7) is 10.1. The summed E-state index contributed by atoms with van der Waals surface area (Å²) in [7, 11) is 6.16. The Hall–Kier alpha value is -1.64. The molecule has 0 aliphatic carbocycles. The number of benzene rings is 1. The third kappa shape index (κ3) is 1.97. The van der Waals surface area contributed by atoms with E-state index >= 15 is 0 Å². The molecule has 0 spiro atoms. The average Bonchev–Trinajstić information content (AvgIpc) is 2.59. The van der Waals surface area contributed by atoms with Gasteiger partial charge in [-0.3, -0.25) is 0 Å². The van der Waals surface area contributed by atoms with E-state index in [0.717, 1.165) is 0 Å². The van der Waals surface area contributed by atoms with Gasteiger partial charge in [0.15, 0.2) is 0 Å². The fourth-order valence-electron chi connectivity index (χ4n) is 2.42. The van der Waals surface area contributed by atoms with Gasteiger partial charge in [-0.25, -0.2) is 0 Å². The third-order valence-electron chi connectivity index (χ3n) is 3.09. The van der Waals surface area contributed by atoms with Crippen LogP contribution in [0.5, 0.6) is 0 Å². The molecule has 1 aliphatic rings. The minimum Gasteiger partial charge on any atom is -0.341 e. The monoisotopic (exact) mass is 224 g/mol. The van der Waals surface area contributed by atoms with Gasteiger partial charge in [0.05, 0.1) is 6.07 Å². The van der Waals surface area contributed by atoms with Crippen molar-refractivity contribution in [2.45, 2.75) is 26.8 Å². The van der Waals surface area contributed by atoms with Gasteiger partial charge in [0.2, 0.25) is 0 Å². The lowest BCUT2D eigenvalue weighted by Gasteiger charge is -2.30. The molecule has 1 aromatic carbocycles. The van der Waals surface area contributed by atoms with Gasteiger partial charge in [-0.2, -0.15) is 0 Å². The molecule has 1 aliphatic heterocycles. The number of anilines is 1. The van der Waals surface area contributed by atoms with Crippen LogP contribution in [0.2, 0.25) is 0 Å². The van der Waals surface area contributed by atoms with E-state index in [-0.39, 0.29) is 6.07 Å². The minimum atomic E-state index is -0.201. The normalized spacial score (nSPS) is 18.9. The lowest BCUT2D eigenvalue weighted by molar-refractivity contribution is 0.501. The van der Waals surface area contributed by atoms with Gasteiger partial charge < -0.3 is 9.80 Å². The van der Waals surface area contributed by atoms with Crippen LogP contribution in [-0.2, 0) is 0 Å². The third-order valence-corrected chi connectivity index (χ3v) is 3.09. The van der Waals surface area contributed by atoms with Crippen molar-refractivity contribution in [2.75, 3.05) is 4.90 Å². The Balaban J connectivity index is 2.43. The number of rotatable bonds is 2. The van der Waals surface area contributed by atoms with E-state index in [1.165, 1.54) is 22.4 Å². The second-order valence-electron chi connectivity index (χ2n) is 4.50. The maximum Gasteiger partial charge on any atom is 0.130 e. The zero-order valence-electron chi connectivity index (χ0n) is 10.6. The summed E-state index contributed by atoms with van der Waals surface area (Å²) in [4.78, 5) is 3.96. The molecule has 1 heterocycles. The van der Waals surface area contributed by atoms with Gasteiger partial charge in [-0.15, -0.1) is 0 Å². The largest absolute Gasteiger partial charge is 0.341 e. The maximum absolute atomic E-state index is 6.16. The van der Waals surface area contributed by atoms with Crippen LogP contribution in [0.15, 0.2) is 37.3 Å². The molecule has 86 valence electrons. The van der Waals surface area contributed by atoms with Crippen LogP contribution in [0, 0.1) is 20.8 Å². The van der Waals surface area contributed by atoms with Crippen molar-refractivity contribution in [2.24, 2.45) is 0 Å². The molecule has 17 heavy (non-hydrogen) atoms. The van der Waals surface area contributed by atoms with Crippen molar-refractivity contribution in [3.63, 3.8) is 0 Å². The zero-order valence-corrected chi connectivity index (χ0v) is 10.6. The number of nitrogens with zero attached hydrogens (tertiary/aromatic N) is 2. The summed E-state index contributed by atoms with van der Waals surface area (Å²) in [5.41, 5.74) is 4.95. The summed E-state index contributed by atoms with van der Waals surface area (Å²) in [5, 5.41) is 0. The fourth-order valence-corrected chi connectivity index (χ4v) is 2.42. The molecular weight excluding hydrogens is 207 g/mol. The van der Waals surface area contributed by atoms with Gasteiger partial charge >= 0.3 is 0 Å². The van der Waals surface area contributed by atoms with Gasteiger partial charge in [0.25, 0.3) is 0 Å². The Morgan fingerprint density at radius 3 is 2.24 bits per heavy atom. The SMILES string of the molecule is [B]C1N(C=C)C=CN1c1c(C)cc(C)cc1C. The molecule has 0 saturated carbocycles. The van der Waals surface area contributed by atoms with Crippen LogP contribution in [0.1, 0.15) is 16.7 Å². The number of hydrogen-bond acceptors (Lipinski definition) is 2. The molecule has 1 unspecified atom stereocenters. The van der Waals surface area contributed by atoms with Crippen molar-refractivity contribution >= 4 is 13.5 Å². The molecule has 0 amide bonds. The average molecular weight is 224 g/mol. The molecule has 2 rings (SSSR count). The molecule has 3 heteroatoms. The maximum atomic E-state index is 6.16. The Bertz CT molecular complexity index is 456. The van der Waals surface area contributed by atoms with Crippen LogP contribution >= 0.6 is 0 Å². The number of aryl methyl sites for hydroxylation is 3. The predicted octanol–water partition coefficient (Wildman–Crippen LogP) is 2.80. The molecular formula is C14H17BN2. The molecule has 0 N–H and O–H groups in total. The second-order valence-corrected chi connectivity index (χ2v) is 4.50. The first kappa shape index (κ1) is 11.8. The van der Waals surface area contributed by atoms with Crippen molar-refractivity contribution in [1.29, 1.82) is 0 Å². The first-order valence-corrected chi connectivity index (χ1v) is 5.74. The highest BCUT2D eigenvalue weighted by Gasteiger charge is 2.23. The van der Waals surface area contributed by atoms with Crippen molar-refractivity contribution < 1.29 is 0 Å². The zero-order chi connectivity index (χ0) is 12.6. The van der Waals surface area contributed by atoms with Crippen LogP contribution in [0.25, 0.3) is 0 Å². The fraction of sp³-hybridized carbons (Fsp3) is 0.286. The van der Waals surface area contributed by atoms with E-state index in [4.69, 9.17) is 7.85 Å². The van der Waals surface area contributed by atoms with Crippen molar-refractivity contribution in [3.05, 3.63) is 54.0 Å². The van der Waals surface area contributed by atoms with E-state index in [0.29, 0.717) is 0 Å². The molecule has 0 aromatic heterocycles. The van der Waals surface area contributed by atoms with Crippen molar-refractivity contribution in [1.82, 2.24) is 4.90 Å². The van der Waals surface area contributed by atoms with Gasteiger partial charge in [-0.1, -0.05) is 24.3 Å². The summed E-state index contributed by atoms with van der Waals surface area (Å²) in [6.07, 6.45) is 5.67. The Morgan fingerprint density at radius 2 is 1.76 bits per heavy atom. The van der Waals surface area contributed by atoms with E-state index in [2.05, 4.69) is 44.4 Å². The summed E-state index contributed by atoms with van der Waals surface area (Å²) in [6, 6.07) is 4.16. The van der Waals surface area contributed by atoms with Gasteiger partial charge in [0, 0.05) is 18.1 Å². The van der Waals surface area contributed by atoms with Crippen molar-refractivity contribution in [3.8, 4) is 0 Å². The van der Waals surface area contributed by atoms with Crippen LogP contribution in [-0.4, -0.2) is 18.8 Å². The first-order valence-electron chi connectivity index (χ1n) is 5.74.